The third kappa shape index (κ3) is 1.71. The summed E-state index contributed by atoms with van der Waals surface area (Å²) in [4.78, 5) is 4.31. The topological polar surface area (TPSA) is 26.0 Å². The van der Waals surface area contributed by atoms with Gasteiger partial charge in [-0.3, -0.25) is 0 Å². The Morgan fingerprint density at radius 2 is 2.20 bits per heavy atom. The van der Waals surface area contributed by atoms with Crippen molar-refractivity contribution in [1.82, 2.24) is 4.98 Å². The number of nitrogens with zero attached hydrogens (tertiary/aromatic N) is 1. The average molecular weight is 199 g/mol. The smallest absolute Gasteiger partial charge is 0.227 e. The minimum absolute atomic E-state index is 0.645. The van der Waals surface area contributed by atoms with E-state index in [9.17, 15) is 0 Å². The average Bonchev–Trinajstić information content (AvgIpc) is 2.41. The van der Waals surface area contributed by atoms with E-state index in [4.69, 9.17) is 4.42 Å². The van der Waals surface area contributed by atoms with E-state index in [0.717, 1.165) is 21.9 Å². The molecule has 2 nitrogen and oxygen atoms in total. The summed E-state index contributed by atoms with van der Waals surface area (Å²) in [5, 5.41) is 1.97. The number of aromatic nitrogens is 1. The highest BCUT2D eigenvalue weighted by molar-refractivity contribution is 5.76. The van der Waals surface area contributed by atoms with Crippen molar-refractivity contribution in [3.8, 4) is 0 Å². The first-order valence-electron chi connectivity index (χ1n) is 4.80. The van der Waals surface area contributed by atoms with Gasteiger partial charge in [0, 0.05) is 16.3 Å². The monoisotopic (exact) mass is 199 g/mol. The SMILES string of the molecule is C=C(C)/C=c1\c(=C)oc2nc(C)ccc12. The first kappa shape index (κ1) is 9.71. The molecule has 0 unspecified atom stereocenters. The van der Waals surface area contributed by atoms with Gasteiger partial charge in [-0.1, -0.05) is 18.7 Å². The lowest BCUT2D eigenvalue weighted by atomic mass is 10.2. The molecule has 0 amide bonds. The van der Waals surface area contributed by atoms with Crippen LogP contribution >= 0.6 is 0 Å². The van der Waals surface area contributed by atoms with Crippen LogP contribution in [0.5, 0.6) is 0 Å². The summed E-state index contributed by atoms with van der Waals surface area (Å²) in [5.74, 6) is 0. The Morgan fingerprint density at radius 1 is 1.47 bits per heavy atom. The highest BCUT2D eigenvalue weighted by atomic mass is 16.3. The highest BCUT2D eigenvalue weighted by Gasteiger charge is 2.02. The normalized spacial score (nSPS) is 12.3. The maximum absolute atomic E-state index is 5.49. The van der Waals surface area contributed by atoms with Gasteiger partial charge in [0.25, 0.3) is 0 Å². The van der Waals surface area contributed by atoms with Crippen molar-refractivity contribution in [2.75, 3.05) is 0 Å². The van der Waals surface area contributed by atoms with E-state index in [1.807, 2.05) is 32.1 Å². The van der Waals surface area contributed by atoms with E-state index >= 15 is 0 Å². The van der Waals surface area contributed by atoms with Crippen molar-refractivity contribution in [2.45, 2.75) is 13.8 Å². The molecule has 2 heterocycles. The van der Waals surface area contributed by atoms with Gasteiger partial charge >= 0.3 is 0 Å². The van der Waals surface area contributed by atoms with Gasteiger partial charge in [0.05, 0.1) is 0 Å². The van der Waals surface area contributed by atoms with Crippen LogP contribution in [0.25, 0.3) is 23.8 Å². The summed E-state index contributed by atoms with van der Waals surface area (Å²) in [6, 6.07) is 3.97. The van der Waals surface area contributed by atoms with Gasteiger partial charge in [-0.15, -0.1) is 0 Å². The van der Waals surface area contributed by atoms with Crippen LogP contribution in [-0.4, -0.2) is 4.98 Å². The van der Waals surface area contributed by atoms with Crippen molar-refractivity contribution in [1.29, 1.82) is 0 Å². The second-order valence-electron chi connectivity index (χ2n) is 3.73. The number of pyridine rings is 1. The van der Waals surface area contributed by atoms with E-state index in [0.29, 0.717) is 11.1 Å². The second kappa shape index (κ2) is 3.39. The number of allylic oxidation sites excluding steroid dienone is 1. The molecule has 0 saturated carbocycles. The molecular formula is C13H13NO. The van der Waals surface area contributed by atoms with Crippen LogP contribution in [-0.2, 0) is 0 Å². The molecule has 0 bridgehead atoms. The van der Waals surface area contributed by atoms with Gasteiger partial charge in [0.1, 0.15) is 5.42 Å². The molecule has 2 aromatic heterocycles. The van der Waals surface area contributed by atoms with Gasteiger partial charge in [-0.05, 0) is 32.1 Å². The molecule has 0 aliphatic heterocycles. The number of hydrogen-bond acceptors (Lipinski definition) is 2. The molecule has 0 radical (unpaired) electrons. The van der Waals surface area contributed by atoms with Gasteiger partial charge in [-0.2, -0.15) is 0 Å². The Kier molecular flexibility index (Phi) is 2.19. The molecule has 76 valence electrons. The standard InChI is InChI=1S/C13H13NO/c1-8(2)7-12-10(4)15-13-11(12)6-5-9(3)14-13/h5-7H,1,4H2,2-3H3/b12-7+. The maximum atomic E-state index is 5.49. The van der Waals surface area contributed by atoms with Crippen LogP contribution in [0, 0.1) is 6.92 Å². The Hall–Kier alpha value is -1.83. The Bertz CT molecular complexity index is 634. The number of hydrogen-bond donors (Lipinski definition) is 0. The number of furan rings is 1. The molecule has 0 aliphatic carbocycles. The largest absolute Gasteiger partial charge is 0.438 e. The fourth-order valence-electron chi connectivity index (χ4n) is 1.54. The molecule has 0 aliphatic rings. The van der Waals surface area contributed by atoms with Crippen LogP contribution < -0.4 is 10.6 Å². The van der Waals surface area contributed by atoms with Crippen LogP contribution in [0.2, 0.25) is 0 Å². The zero-order chi connectivity index (χ0) is 11.0. The minimum Gasteiger partial charge on any atom is -0.438 e. The summed E-state index contributed by atoms with van der Waals surface area (Å²) in [6.07, 6.45) is 1.96. The Labute approximate surface area is 88.2 Å². The third-order valence-electron chi connectivity index (χ3n) is 2.20. The summed E-state index contributed by atoms with van der Waals surface area (Å²) < 4.78 is 5.49. The lowest BCUT2D eigenvalue weighted by molar-refractivity contribution is 0.565. The van der Waals surface area contributed by atoms with Crippen molar-refractivity contribution in [3.05, 3.63) is 40.6 Å². The molecule has 2 heteroatoms. The molecule has 15 heavy (non-hydrogen) atoms. The Balaban J connectivity index is 2.92. The van der Waals surface area contributed by atoms with Crippen molar-refractivity contribution in [3.63, 3.8) is 0 Å². The van der Waals surface area contributed by atoms with Gasteiger partial charge in [0.15, 0.2) is 0 Å². The number of fused-ring (bicyclic) bond motifs is 1. The van der Waals surface area contributed by atoms with E-state index < -0.39 is 0 Å². The molecule has 0 atom stereocenters. The van der Waals surface area contributed by atoms with Crippen LogP contribution in [0.15, 0.2) is 28.7 Å². The van der Waals surface area contributed by atoms with Gasteiger partial charge < -0.3 is 4.42 Å². The number of rotatable bonds is 1. The van der Waals surface area contributed by atoms with Crippen molar-refractivity contribution < 1.29 is 4.42 Å². The second-order valence-corrected chi connectivity index (χ2v) is 3.73. The maximum Gasteiger partial charge on any atom is 0.227 e. The summed E-state index contributed by atoms with van der Waals surface area (Å²) >= 11 is 0. The fourth-order valence-corrected chi connectivity index (χ4v) is 1.54. The lowest BCUT2D eigenvalue weighted by Gasteiger charge is -1.89. The van der Waals surface area contributed by atoms with Crippen molar-refractivity contribution in [2.24, 2.45) is 0 Å². The zero-order valence-electron chi connectivity index (χ0n) is 9.00. The molecule has 0 aromatic carbocycles. The van der Waals surface area contributed by atoms with Crippen LogP contribution in [0.1, 0.15) is 12.6 Å². The fraction of sp³-hybridized carbons (Fsp3) is 0.154. The highest BCUT2D eigenvalue weighted by Crippen LogP contribution is 2.06. The molecular weight excluding hydrogens is 186 g/mol. The summed E-state index contributed by atoms with van der Waals surface area (Å²) in [7, 11) is 0. The molecule has 0 saturated heterocycles. The minimum atomic E-state index is 0.645. The van der Waals surface area contributed by atoms with Gasteiger partial charge in [0.2, 0.25) is 5.71 Å². The van der Waals surface area contributed by atoms with Crippen molar-refractivity contribution >= 4 is 23.8 Å². The number of aryl methyl sites for hydroxylation is 1. The van der Waals surface area contributed by atoms with E-state index in [1.165, 1.54) is 0 Å². The predicted octanol–water partition coefficient (Wildman–Crippen LogP) is 1.90. The molecule has 0 fully saturated rings. The van der Waals surface area contributed by atoms with Crippen LogP contribution in [0.3, 0.4) is 0 Å². The molecule has 0 N–H and O–H groups in total. The first-order valence-corrected chi connectivity index (χ1v) is 4.80. The molecule has 2 aromatic rings. The van der Waals surface area contributed by atoms with Gasteiger partial charge in [-0.25, -0.2) is 4.98 Å². The third-order valence-corrected chi connectivity index (χ3v) is 2.20. The molecule has 2 rings (SSSR count). The van der Waals surface area contributed by atoms with E-state index in [1.54, 1.807) is 0 Å². The summed E-state index contributed by atoms with van der Waals surface area (Å²) in [5.41, 5.74) is 3.21. The molecule has 0 spiro atoms. The van der Waals surface area contributed by atoms with E-state index in [-0.39, 0.29) is 0 Å². The predicted molar refractivity (Wildman–Crippen MR) is 62.8 cm³/mol. The van der Waals surface area contributed by atoms with E-state index in [2.05, 4.69) is 18.1 Å². The summed E-state index contributed by atoms with van der Waals surface area (Å²) in [6.45, 7) is 11.6. The Morgan fingerprint density at radius 3 is 2.87 bits per heavy atom. The zero-order valence-corrected chi connectivity index (χ0v) is 9.00. The first-order chi connectivity index (χ1) is 7.08. The lowest BCUT2D eigenvalue weighted by Crippen LogP contribution is -2.17. The quantitative estimate of drug-likeness (QED) is 0.701. The van der Waals surface area contributed by atoms with Crippen LogP contribution in [0.4, 0.5) is 0 Å².